The Balaban J connectivity index is 2.20. The van der Waals surface area contributed by atoms with Crippen LogP contribution in [0.15, 0.2) is 35.2 Å². The van der Waals surface area contributed by atoms with Crippen molar-refractivity contribution in [2.75, 3.05) is 13.2 Å². The lowest BCUT2D eigenvalue weighted by Crippen LogP contribution is -2.67. The zero-order valence-corrected chi connectivity index (χ0v) is 29.6. The van der Waals surface area contributed by atoms with E-state index >= 15 is 0 Å². The Hall–Kier alpha value is -4.46. The van der Waals surface area contributed by atoms with E-state index in [-0.39, 0.29) is 4.90 Å². The van der Waals surface area contributed by atoms with E-state index in [2.05, 4.69) is 0 Å². The highest BCUT2D eigenvalue weighted by atomic mass is 32.2. The summed E-state index contributed by atoms with van der Waals surface area (Å²) in [4.78, 5) is 85.8. The number of rotatable bonds is 13. The molecule has 1 aromatic rings. The van der Waals surface area contributed by atoms with Crippen LogP contribution in [0, 0.1) is 0 Å². The van der Waals surface area contributed by atoms with Crippen molar-refractivity contribution in [1.82, 2.24) is 0 Å². The molecule has 2 heterocycles. The fourth-order valence-corrected chi connectivity index (χ4v) is 6.72. The maximum Gasteiger partial charge on any atom is 0.303 e. The van der Waals surface area contributed by atoms with Crippen LogP contribution in [0.25, 0.3) is 0 Å². The molecule has 0 amide bonds. The highest BCUT2D eigenvalue weighted by Gasteiger charge is 2.58. The number of hydrogen-bond acceptors (Lipinski definition) is 18. The maximum atomic E-state index is 13.9. The van der Waals surface area contributed by atoms with Gasteiger partial charge in [0.2, 0.25) is 0 Å². The normalized spacial score (nSPS) is 29.3. The lowest BCUT2D eigenvalue weighted by atomic mass is 9.96. The number of benzene rings is 1. The van der Waals surface area contributed by atoms with Gasteiger partial charge in [-0.2, -0.15) is 0 Å². The molecule has 51 heavy (non-hydrogen) atoms. The van der Waals surface area contributed by atoms with Crippen molar-refractivity contribution >= 4 is 52.6 Å². The SMILES string of the molecule is CC(=O)OC[C@H]1O[C@@H](S(=O)c2ccccc2)[C@H](OC(C)=O)[C@@H](OC(C)=O)[C@@H]1O[C@H]1O[C@H](COC(C)=O)[C@@H](OC(C)=O)[C@H](OC(C)=O)[C@H]1OC(C)=O. The summed E-state index contributed by atoms with van der Waals surface area (Å²) in [6.07, 6.45) is -14.5. The Bertz CT molecular complexity index is 1460. The molecule has 0 bridgehead atoms. The molecule has 3 rings (SSSR count). The molecule has 0 spiro atoms. The Morgan fingerprint density at radius 1 is 0.529 bits per heavy atom. The van der Waals surface area contributed by atoms with Gasteiger partial charge in [0, 0.05) is 53.4 Å². The van der Waals surface area contributed by atoms with Crippen molar-refractivity contribution in [3.63, 3.8) is 0 Å². The second kappa shape index (κ2) is 18.7. The topological polar surface area (TPSA) is 229 Å². The minimum atomic E-state index is -2.10. The number of carbonyl (C=O) groups excluding carboxylic acids is 7. The molecule has 0 aromatic heterocycles. The summed E-state index contributed by atoms with van der Waals surface area (Å²) < 4.78 is 70.2. The maximum absolute atomic E-state index is 13.9. The van der Waals surface area contributed by atoms with Crippen molar-refractivity contribution in [1.29, 1.82) is 0 Å². The average Bonchev–Trinajstić information content (AvgIpc) is 3.02. The second-order valence-electron chi connectivity index (χ2n) is 11.3. The fraction of sp³-hybridized carbons (Fsp3) is 0.594. The van der Waals surface area contributed by atoms with Crippen molar-refractivity contribution < 1.29 is 85.1 Å². The van der Waals surface area contributed by atoms with Crippen molar-refractivity contribution in [3.8, 4) is 0 Å². The van der Waals surface area contributed by atoms with Crippen LogP contribution in [0.1, 0.15) is 48.5 Å². The van der Waals surface area contributed by atoms with Gasteiger partial charge in [0.15, 0.2) is 42.2 Å². The monoisotopic (exact) mass is 744 g/mol. The average molecular weight is 745 g/mol. The van der Waals surface area contributed by atoms with Gasteiger partial charge in [-0.25, -0.2) is 0 Å². The molecule has 0 saturated carbocycles. The molecule has 19 heteroatoms. The summed E-state index contributed by atoms with van der Waals surface area (Å²) in [7, 11) is -2.10. The van der Waals surface area contributed by atoms with Crippen molar-refractivity contribution in [2.24, 2.45) is 0 Å². The van der Waals surface area contributed by atoms with Crippen LogP contribution in [0.5, 0.6) is 0 Å². The molecule has 2 saturated heterocycles. The van der Waals surface area contributed by atoms with Gasteiger partial charge in [0.25, 0.3) is 0 Å². The Morgan fingerprint density at radius 2 is 0.941 bits per heavy atom. The molecule has 2 fully saturated rings. The highest BCUT2D eigenvalue weighted by Crippen LogP contribution is 2.36. The Morgan fingerprint density at radius 3 is 1.41 bits per heavy atom. The lowest BCUT2D eigenvalue weighted by Gasteiger charge is -2.48. The molecular formula is C32H40O18S. The first kappa shape index (κ1) is 41.0. The summed E-state index contributed by atoms with van der Waals surface area (Å²) >= 11 is 0. The van der Waals surface area contributed by atoms with Gasteiger partial charge in [-0.1, -0.05) is 18.2 Å². The first-order valence-electron chi connectivity index (χ1n) is 15.5. The molecule has 0 N–H and O–H groups in total. The molecular weight excluding hydrogens is 704 g/mol. The molecule has 2 aliphatic rings. The van der Waals surface area contributed by atoms with E-state index in [1.54, 1.807) is 18.2 Å². The zero-order chi connectivity index (χ0) is 38.0. The summed E-state index contributed by atoms with van der Waals surface area (Å²) in [6, 6.07) is 7.92. The Kier molecular flexibility index (Phi) is 15.0. The van der Waals surface area contributed by atoms with E-state index in [0.717, 1.165) is 48.5 Å². The van der Waals surface area contributed by atoms with Gasteiger partial charge < -0.3 is 47.4 Å². The molecule has 0 radical (unpaired) electrons. The van der Waals surface area contributed by atoms with Gasteiger partial charge in [0.05, 0.1) is 10.8 Å². The van der Waals surface area contributed by atoms with Crippen molar-refractivity contribution in [3.05, 3.63) is 30.3 Å². The predicted octanol–water partition coefficient (Wildman–Crippen LogP) is 0.414. The van der Waals surface area contributed by atoms with Gasteiger partial charge >= 0.3 is 41.8 Å². The molecule has 1 aromatic carbocycles. The van der Waals surface area contributed by atoms with E-state index in [1.165, 1.54) is 12.1 Å². The van der Waals surface area contributed by atoms with E-state index in [9.17, 15) is 37.8 Å². The fourth-order valence-electron chi connectivity index (χ4n) is 5.33. The van der Waals surface area contributed by atoms with Crippen LogP contribution in [0.3, 0.4) is 0 Å². The predicted molar refractivity (Wildman–Crippen MR) is 166 cm³/mol. The molecule has 2 aliphatic heterocycles. The highest BCUT2D eigenvalue weighted by molar-refractivity contribution is 7.85. The summed E-state index contributed by atoms with van der Waals surface area (Å²) in [5.74, 6) is -6.04. The molecule has 282 valence electrons. The standard InChI is InChI=1S/C32H40O18S/c1-15(33)41-13-23-25(43-17(3)35)27(44-18(4)36)29(46-20(6)38)31(48-23)50-26-24(14-42-16(2)34)49-32(51(40)22-11-9-8-10-12-22)30(47-21(7)39)28(26)45-19(5)37/h8-12,23-32H,13-14H2,1-7H3/t23-,24-,25-,26-,27+,28+,29-,30-,31-,32+,51?/m1/s1. The zero-order valence-electron chi connectivity index (χ0n) is 28.8. The minimum absolute atomic E-state index is 0.242. The Labute approximate surface area is 295 Å². The van der Waals surface area contributed by atoms with Gasteiger partial charge in [-0.05, 0) is 12.1 Å². The number of hydrogen-bond donors (Lipinski definition) is 0. The van der Waals surface area contributed by atoms with Crippen molar-refractivity contribution in [2.45, 2.75) is 114 Å². The van der Waals surface area contributed by atoms with Crippen LogP contribution in [0.4, 0.5) is 0 Å². The number of esters is 7. The summed E-state index contributed by atoms with van der Waals surface area (Å²) in [5, 5.41) is 0. The third kappa shape index (κ3) is 11.8. The van der Waals surface area contributed by atoms with E-state index in [4.69, 9.17) is 47.4 Å². The smallest absolute Gasteiger partial charge is 0.303 e. The third-order valence-corrected chi connectivity index (χ3v) is 8.61. The summed E-state index contributed by atoms with van der Waals surface area (Å²) in [5.41, 5.74) is -1.53. The van der Waals surface area contributed by atoms with Gasteiger partial charge in [-0.3, -0.25) is 37.8 Å². The molecule has 18 nitrogen and oxygen atoms in total. The van der Waals surface area contributed by atoms with Crippen LogP contribution in [-0.4, -0.2) is 120 Å². The second-order valence-corrected chi connectivity index (χ2v) is 12.8. The van der Waals surface area contributed by atoms with Crippen LogP contribution >= 0.6 is 0 Å². The minimum Gasteiger partial charge on any atom is -0.463 e. The van der Waals surface area contributed by atoms with E-state index < -0.39 is 126 Å². The number of ether oxygens (including phenoxy) is 10. The van der Waals surface area contributed by atoms with Gasteiger partial charge in [-0.15, -0.1) is 0 Å². The first-order valence-corrected chi connectivity index (χ1v) is 16.7. The quantitative estimate of drug-likeness (QED) is 0.197. The van der Waals surface area contributed by atoms with Crippen LogP contribution in [-0.2, 0) is 91.7 Å². The molecule has 1 unspecified atom stereocenters. The molecule has 11 atom stereocenters. The lowest BCUT2D eigenvalue weighted by molar-refractivity contribution is -0.341. The van der Waals surface area contributed by atoms with Gasteiger partial charge in [0.1, 0.15) is 31.5 Å². The summed E-state index contributed by atoms with van der Waals surface area (Å²) in [6.45, 7) is 6.19. The number of carbonyl (C=O) groups is 7. The van der Waals surface area contributed by atoms with E-state index in [1.807, 2.05) is 0 Å². The van der Waals surface area contributed by atoms with Crippen LogP contribution in [0.2, 0.25) is 0 Å². The largest absolute Gasteiger partial charge is 0.463 e. The molecule has 0 aliphatic carbocycles. The first-order chi connectivity index (χ1) is 24.0. The van der Waals surface area contributed by atoms with E-state index in [0.29, 0.717) is 0 Å². The third-order valence-electron chi connectivity index (χ3n) is 7.07. The van der Waals surface area contributed by atoms with Crippen LogP contribution < -0.4 is 0 Å².